The lowest BCUT2D eigenvalue weighted by Crippen LogP contribution is -2.58. The number of imidazole rings is 1. The zero-order valence-electron chi connectivity index (χ0n) is 21.7. The van der Waals surface area contributed by atoms with Crippen molar-refractivity contribution in [3.63, 3.8) is 0 Å². The van der Waals surface area contributed by atoms with Crippen molar-refractivity contribution in [1.29, 1.82) is 0 Å². The van der Waals surface area contributed by atoms with E-state index in [2.05, 4.69) is 10.3 Å². The minimum Gasteiger partial charge on any atom is -0.434 e. The number of rotatable bonds is 7. The number of amides is 3. The van der Waals surface area contributed by atoms with Crippen LogP contribution in [0.5, 0.6) is 0 Å². The Bertz CT molecular complexity index is 1400. The summed E-state index contributed by atoms with van der Waals surface area (Å²) in [6.07, 6.45) is 1.01. The van der Waals surface area contributed by atoms with Crippen LogP contribution in [0, 0.1) is 6.92 Å². The molecular formula is C28H28F3N5O4. The average Bonchev–Trinajstić information content (AvgIpc) is 3.48. The van der Waals surface area contributed by atoms with Crippen LogP contribution >= 0.6 is 0 Å². The summed E-state index contributed by atoms with van der Waals surface area (Å²) in [6.45, 7) is 2.22. The van der Waals surface area contributed by atoms with E-state index in [9.17, 15) is 27.6 Å². The Labute approximate surface area is 228 Å². The molecule has 2 fully saturated rings. The van der Waals surface area contributed by atoms with Crippen molar-refractivity contribution >= 4 is 29.8 Å². The van der Waals surface area contributed by atoms with E-state index in [1.54, 1.807) is 23.4 Å². The summed E-state index contributed by atoms with van der Waals surface area (Å²) in [4.78, 5) is 45.9. The predicted molar refractivity (Wildman–Crippen MR) is 140 cm³/mol. The molecule has 2 heterocycles. The van der Waals surface area contributed by atoms with Crippen LogP contribution in [-0.2, 0) is 20.5 Å². The van der Waals surface area contributed by atoms with Crippen molar-refractivity contribution in [2.45, 2.75) is 57.0 Å². The molecule has 3 aromatic rings. The molecule has 1 saturated carbocycles. The molecule has 5 rings (SSSR count). The number of halogens is 3. The second-order valence-corrected chi connectivity index (χ2v) is 10.1. The zero-order chi connectivity index (χ0) is 28.5. The number of anilines is 2. The molecule has 2 aliphatic rings. The first kappa shape index (κ1) is 27.2. The van der Waals surface area contributed by atoms with E-state index in [0.717, 1.165) is 48.8 Å². The third-order valence-electron chi connectivity index (χ3n) is 7.46. The van der Waals surface area contributed by atoms with Gasteiger partial charge in [0.25, 0.3) is 18.6 Å². The Morgan fingerprint density at radius 2 is 1.80 bits per heavy atom. The summed E-state index contributed by atoms with van der Waals surface area (Å²) in [6, 6.07) is 10.9. The number of hydrogen-bond acceptors (Lipinski definition) is 5. The predicted octanol–water partition coefficient (Wildman–Crippen LogP) is 5.28. The van der Waals surface area contributed by atoms with Crippen molar-refractivity contribution < 1.29 is 32.3 Å². The maximum Gasteiger partial charge on any atom is 0.416 e. The lowest BCUT2D eigenvalue weighted by molar-refractivity contribution is -0.155. The number of benzene rings is 2. The van der Waals surface area contributed by atoms with E-state index >= 15 is 0 Å². The van der Waals surface area contributed by atoms with E-state index in [0.29, 0.717) is 18.5 Å². The number of aromatic nitrogens is 2. The van der Waals surface area contributed by atoms with Crippen LogP contribution < -0.4 is 10.2 Å². The molecule has 1 aliphatic carbocycles. The minimum atomic E-state index is -4.61. The number of carbonyl (C=O) groups is 3. The van der Waals surface area contributed by atoms with Crippen molar-refractivity contribution in [3.8, 4) is 5.69 Å². The van der Waals surface area contributed by atoms with E-state index in [-0.39, 0.29) is 18.7 Å². The van der Waals surface area contributed by atoms with Crippen LogP contribution in [0.4, 0.5) is 29.3 Å². The Balaban J connectivity index is 1.44. The second-order valence-electron chi connectivity index (χ2n) is 10.1. The van der Waals surface area contributed by atoms with Crippen molar-refractivity contribution in [2.24, 2.45) is 0 Å². The quantitative estimate of drug-likeness (QED) is 0.400. The molecule has 1 saturated heterocycles. The fourth-order valence-corrected chi connectivity index (χ4v) is 5.57. The molecule has 1 aliphatic heterocycles. The fourth-order valence-electron chi connectivity index (χ4n) is 5.57. The summed E-state index contributed by atoms with van der Waals surface area (Å²) < 4.78 is 46.6. The van der Waals surface area contributed by atoms with E-state index in [1.807, 2.05) is 29.8 Å². The SMILES string of the molecule is Cc1cn(-c2ccc(N3CC4(CCCCC4)N(C(OC=O)C(=O)Nc4cccc(C(F)(F)F)c4)C3=O)cc2)cn1. The van der Waals surface area contributed by atoms with Crippen LogP contribution in [0.25, 0.3) is 5.69 Å². The summed E-state index contributed by atoms with van der Waals surface area (Å²) in [5, 5.41) is 2.40. The van der Waals surface area contributed by atoms with Gasteiger partial charge in [0.05, 0.1) is 29.7 Å². The molecule has 1 spiro atoms. The smallest absolute Gasteiger partial charge is 0.416 e. The summed E-state index contributed by atoms with van der Waals surface area (Å²) in [5.74, 6) is -0.919. The average molecular weight is 556 g/mol. The van der Waals surface area contributed by atoms with E-state index in [1.165, 1.54) is 11.0 Å². The molecule has 12 heteroatoms. The van der Waals surface area contributed by atoms with Gasteiger partial charge in [-0.15, -0.1) is 0 Å². The summed E-state index contributed by atoms with van der Waals surface area (Å²) in [7, 11) is 0. The highest BCUT2D eigenvalue weighted by molar-refractivity contribution is 6.01. The molecule has 2 aromatic carbocycles. The van der Waals surface area contributed by atoms with Crippen LogP contribution in [0.2, 0.25) is 0 Å². The van der Waals surface area contributed by atoms with Crippen molar-refractivity contribution in [2.75, 3.05) is 16.8 Å². The van der Waals surface area contributed by atoms with Gasteiger partial charge in [-0.2, -0.15) is 13.2 Å². The van der Waals surface area contributed by atoms with Crippen LogP contribution in [0.3, 0.4) is 0 Å². The van der Waals surface area contributed by atoms with Gasteiger partial charge in [0, 0.05) is 23.3 Å². The maximum atomic E-state index is 13.9. The number of aryl methyl sites for hydroxylation is 1. The van der Waals surface area contributed by atoms with Gasteiger partial charge in [0.1, 0.15) is 0 Å². The number of nitrogens with zero attached hydrogens (tertiary/aromatic N) is 4. The van der Waals surface area contributed by atoms with Crippen molar-refractivity contribution in [3.05, 3.63) is 72.3 Å². The topological polar surface area (TPSA) is 96.8 Å². The highest BCUT2D eigenvalue weighted by Crippen LogP contribution is 2.43. The normalized spacial score (nSPS) is 17.6. The Hall–Kier alpha value is -4.35. The molecule has 1 N–H and O–H groups in total. The molecule has 210 valence electrons. The third-order valence-corrected chi connectivity index (χ3v) is 7.46. The Morgan fingerprint density at radius 1 is 1.10 bits per heavy atom. The minimum absolute atomic E-state index is 0.0742. The van der Waals surface area contributed by atoms with Crippen LogP contribution in [0.1, 0.15) is 43.4 Å². The molecular weight excluding hydrogens is 527 g/mol. The second kappa shape index (κ2) is 10.7. The number of urea groups is 1. The standard InChI is InChI=1S/C28H28F3N5O4/c1-19-15-34(17-32-19)22-8-10-23(11-9-22)35-16-27(12-3-2-4-13-27)36(26(35)39)25(40-18-37)24(38)33-21-7-5-6-20(14-21)28(29,30)31/h5-11,14-15,17-18,25H,2-4,12-13,16H2,1H3,(H,33,38). The summed E-state index contributed by atoms with van der Waals surface area (Å²) >= 11 is 0. The van der Waals surface area contributed by atoms with Gasteiger partial charge < -0.3 is 14.6 Å². The van der Waals surface area contributed by atoms with Gasteiger partial charge >= 0.3 is 12.2 Å². The third kappa shape index (κ3) is 5.25. The molecule has 40 heavy (non-hydrogen) atoms. The van der Waals surface area contributed by atoms with Gasteiger partial charge in [0.15, 0.2) is 0 Å². The lowest BCUT2D eigenvalue weighted by atomic mass is 9.81. The van der Waals surface area contributed by atoms with Gasteiger partial charge in [-0.1, -0.05) is 25.3 Å². The Morgan fingerprint density at radius 3 is 2.42 bits per heavy atom. The highest BCUT2D eigenvalue weighted by atomic mass is 19.4. The number of ether oxygens (including phenoxy) is 1. The van der Waals surface area contributed by atoms with Gasteiger partial charge in [0.2, 0.25) is 0 Å². The first-order valence-corrected chi connectivity index (χ1v) is 12.9. The molecule has 1 atom stereocenters. The number of carbonyl (C=O) groups excluding carboxylic acids is 3. The molecule has 3 amide bonds. The largest absolute Gasteiger partial charge is 0.434 e. The molecule has 9 nitrogen and oxygen atoms in total. The van der Waals surface area contributed by atoms with Gasteiger partial charge in [-0.25, -0.2) is 9.78 Å². The van der Waals surface area contributed by atoms with Gasteiger partial charge in [-0.3, -0.25) is 19.4 Å². The Kier molecular flexibility index (Phi) is 7.26. The number of alkyl halides is 3. The molecule has 1 unspecified atom stereocenters. The number of hydrogen-bond donors (Lipinski definition) is 1. The van der Waals surface area contributed by atoms with E-state index in [4.69, 9.17) is 4.74 Å². The molecule has 1 aromatic heterocycles. The monoisotopic (exact) mass is 555 g/mol. The molecule has 0 bridgehead atoms. The van der Waals surface area contributed by atoms with Crippen molar-refractivity contribution in [1.82, 2.24) is 14.5 Å². The highest BCUT2D eigenvalue weighted by Gasteiger charge is 2.55. The van der Waals surface area contributed by atoms with E-state index < -0.39 is 35.4 Å². The first-order valence-electron chi connectivity index (χ1n) is 12.9. The fraction of sp³-hybridized carbons (Fsp3) is 0.357. The van der Waals surface area contributed by atoms with Crippen LogP contribution in [-0.4, -0.2) is 51.2 Å². The molecule has 0 radical (unpaired) electrons. The van der Waals surface area contributed by atoms with Crippen LogP contribution in [0.15, 0.2) is 61.1 Å². The first-order chi connectivity index (χ1) is 19.1. The van der Waals surface area contributed by atoms with Gasteiger partial charge in [-0.05, 0) is 62.2 Å². The number of nitrogens with one attached hydrogen (secondary N) is 1. The lowest BCUT2D eigenvalue weighted by Gasteiger charge is -2.42. The zero-order valence-corrected chi connectivity index (χ0v) is 21.7. The summed E-state index contributed by atoms with van der Waals surface area (Å²) in [5.41, 5.74) is 0.432. The maximum absolute atomic E-state index is 13.9.